The van der Waals surface area contributed by atoms with Crippen LogP contribution in [-0.4, -0.2) is 13.2 Å². The van der Waals surface area contributed by atoms with Crippen molar-refractivity contribution in [2.45, 2.75) is 38.5 Å². The molecule has 0 unspecified atom stereocenters. The minimum absolute atomic E-state index is 0.602. The number of para-hydroxylation sites is 1. The van der Waals surface area contributed by atoms with Gasteiger partial charge in [-0.2, -0.15) is 0 Å². The van der Waals surface area contributed by atoms with Crippen LogP contribution < -0.4 is 20.9 Å². The smallest absolute Gasteiger partial charge is 0.165 e. The van der Waals surface area contributed by atoms with E-state index in [9.17, 15) is 0 Å². The fourth-order valence-electron chi connectivity index (χ4n) is 3.39. The van der Waals surface area contributed by atoms with Crippen LogP contribution in [0.5, 0.6) is 11.5 Å². The molecule has 0 spiro atoms. The van der Waals surface area contributed by atoms with Crippen molar-refractivity contribution in [2.75, 3.05) is 24.7 Å². The fourth-order valence-corrected chi connectivity index (χ4v) is 3.39. The third kappa shape index (κ3) is 6.73. The van der Waals surface area contributed by atoms with E-state index in [0.717, 1.165) is 31.6 Å². The van der Waals surface area contributed by atoms with Gasteiger partial charge in [0.15, 0.2) is 5.75 Å². The largest absolute Gasteiger partial charge is 0.494 e. The van der Waals surface area contributed by atoms with Crippen molar-refractivity contribution in [1.82, 2.24) is 0 Å². The SMILES string of the molecule is Nc1cccc(N)c1OCCCCCCCCOc1ccc(-c2ccccc2)cc1. The predicted octanol–water partition coefficient (Wildman–Crippen LogP) is 6.32. The molecule has 0 aliphatic rings. The Morgan fingerprint density at radius 3 is 1.67 bits per heavy atom. The van der Waals surface area contributed by atoms with Crippen molar-refractivity contribution >= 4 is 11.4 Å². The summed E-state index contributed by atoms with van der Waals surface area (Å²) in [6.45, 7) is 1.42. The van der Waals surface area contributed by atoms with E-state index in [2.05, 4.69) is 48.5 Å². The summed E-state index contributed by atoms with van der Waals surface area (Å²) in [4.78, 5) is 0. The highest BCUT2D eigenvalue weighted by molar-refractivity contribution is 5.67. The molecule has 4 N–H and O–H groups in total. The first kappa shape index (κ1) is 21.6. The van der Waals surface area contributed by atoms with Crippen molar-refractivity contribution in [1.29, 1.82) is 0 Å². The fraction of sp³-hybridized carbons (Fsp3) is 0.308. The van der Waals surface area contributed by atoms with Gasteiger partial charge in [0.1, 0.15) is 5.75 Å². The van der Waals surface area contributed by atoms with Crippen molar-refractivity contribution in [3.63, 3.8) is 0 Å². The molecule has 4 nitrogen and oxygen atoms in total. The molecular formula is C26H32N2O2. The van der Waals surface area contributed by atoms with E-state index in [-0.39, 0.29) is 0 Å². The Balaban J connectivity index is 1.22. The molecular weight excluding hydrogens is 372 g/mol. The number of ether oxygens (including phenoxy) is 2. The molecule has 0 aliphatic heterocycles. The van der Waals surface area contributed by atoms with Gasteiger partial charge in [0.25, 0.3) is 0 Å². The van der Waals surface area contributed by atoms with E-state index in [1.54, 1.807) is 0 Å². The van der Waals surface area contributed by atoms with Crippen LogP contribution in [0.1, 0.15) is 38.5 Å². The van der Waals surface area contributed by atoms with Crippen LogP contribution in [0.25, 0.3) is 11.1 Å². The van der Waals surface area contributed by atoms with Gasteiger partial charge >= 0.3 is 0 Å². The number of rotatable bonds is 12. The van der Waals surface area contributed by atoms with Gasteiger partial charge in [-0.3, -0.25) is 0 Å². The molecule has 3 rings (SSSR count). The molecule has 4 heteroatoms. The summed E-state index contributed by atoms with van der Waals surface area (Å²) >= 11 is 0. The summed E-state index contributed by atoms with van der Waals surface area (Å²) in [7, 11) is 0. The lowest BCUT2D eigenvalue weighted by atomic mass is 10.1. The highest BCUT2D eigenvalue weighted by Crippen LogP contribution is 2.28. The number of hydrogen-bond donors (Lipinski definition) is 2. The third-order valence-corrected chi connectivity index (χ3v) is 5.09. The number of anilines is 2. The van der Waals surface area contributed by atoms with Gasteiger partial charge < -0.3 is 20.9 Å². The van der Waals surface area contributed by atoms with Gasteiger partial charge in [-0.15, -0.1) is 0 Å². The van der Waals surface area contributed by atoms with Gasteiger partial charge in [-0.25, -0.2) is 0 Å². The van der Waals surface area contributed by atoms with E-state index < -0.39 is 0 Å². The van der Waals surface area contributed by atoms with Gasteiger partial charge in [-0.05, 0) is 48.2 Å². The molecule has 0 fully saturated rings. The second-order valence-electron chi connectivity index (χ2n) is 7.47. The van der Waals surface area contributed by atoms with E-state index in [1.807, 2.05) is 24.3 Å². The van der Waals surface area contributed by atoms with Crippen molar-refractivity contribution in [3.8, 4) is 22.6 Å². The number of hydrogen-bond acceptors (Lipinski definition) is 4. The predicted molar refractivity (Wildman–Crippen MR) is 126 cm³/mol. The molecule has 0 saturated carbocycles. The summed E-state index contributed by atoms with van der Waals surface area (Å²) in [5.74, 6) is 1.55. The van der Waals surface area contributed by atoms with E-state index >= 15 is 0 Å². The van der Waals surface area contributed by atoms with Crippen molar-refractivity contribution in [3.05, 3.63) is 72.8 Å². The van der Waals surface area contributed by atoms with Gasteiger partial charge in [0.2, 0.25) is 0 Å². The number of unbranched alkanes of at least 4 members (excludes halogenated alkanes) is 5. The van der Waals surface area contributed by atoms with Crippen LogP contribution in [0.2, 0.25) is 0 Å². The lowest BCUT2D eigenvalue weighted by Gasteiger charge is -2.11. The maximum absolute atomic E-state index is 5.89. The first-order valence-electron chi connectivity index (χ1n) is 10.8. The van der Waals surface area contributed by atoms with E-state index in [4.69, 9.17) is 20.9 Å². The van der Waals surface area contributed by atoms with Crippen molar-refractivity contribution in [2.24, 2.45) is 0 Å². The molecule has 0 amide bonds. The first-order valence-corrected chi connectivity index (χ1v) is 10.8. The standard InChI is InChI=1S/C26H32N2O2/c27-24-13-10-14-25(28)26(24)30-20-9-4-2-1-3-8-19-29-23-17-15-22(16-18-23)21-11-6-5-7-12-21/h5-7,10-18H,1-4,8-9,19-20,27-28H2. The maximum atomic E-state index is 5.89. The summed E-state index contributed by atoms with van der Waals surface area (Å²) in [5.41, 5.74) is 15.4. The van der Waals surface area contributed by atoms with Crippen LogP contribution in [-0.2, 0) is 0 Å². The van der Waals surface area contributed by atoms with Gasteiger partial charge in [0.05, 0.1) is 24.6 Å². The normalized spacial score (nSPS) is 10.7. The average Bonchev–Trinajstić information content (AvgIpc) is 2.78. The van der Waals surface area contributed by atoms with Crippen LogP contribution in [0.4, 0.5) is 11.4 Å². The maximum Gasteiger partial charge on any atom is 0.165 e. The molecule has 0 saturated heterocycles. The van der Waals surface area contributed by atoms with Crippen LogP contribution >= 0.6 is 0 Å². The molecule has 158 valence electrons. The highest BCUT2D eigenvalue weighted by atomic mass is 16.5. The minimum atomic E-state index is 0.602. The third-order valence-electron chi connectivity index (χ3n) is 5.09. The Hall–Kier alpha value is -3.14. The lowest BCUT2D eigenvalue weighted by Crippen LogP contribution is -2.03. The monoisotopic (exact) mass is 404 g/mol. The van der Waals surface area contributed by atoms with Crippen LogP contribution in [0.15, 0.2) is 72.8 Å². The minimum Gasteiger partial charge on any atom is -0.494 e. The molecule has 0 aliphatic carbocycles. The molecule has 3 aromatic carbocycles. The summed E-state index contributed by atoms with van der Waals surface area (Å²) in [5, 5.41) is 0. The average molecular weight is 405 g/mol. The Labute approximate surface area is 179 Å². The zero-order chi connectivity index (χ0) is 21.0. The Bertz CT molecular complexity index is 859. The molecule has 3 aromatic rings. The Morgan fingerprint density at radius 1 is 0.500 bits per heavy atom. The second-order valence-corrected chi connectivity index (χ2v) is 7.47. The topological polar surface area (TPSA) is 70.5 Å². The van der Waals surface area contributed by atoms with E-state index in [1.165, 1.54) is 30.4 Å². The molecule has 30 heavy (non-hydrogen) atoms. The highest BCUT2D eigenvalue weighted by Gasteiger charge is 2.04. The van der Waals surface area contributed by atoms with Crippen LogP contribution in [0, 0.1) is 0 Å². The molecule has 0 heterocycles. The molecule has 0 aromatic heterocycles. The first-order chi connectivity index (χ1) is 14.7. The number of nitrogens with two attached hydrogens (primary N) is 2. The molecule has 0 radical (unpaired) electrons. The van der Waals surface area contributed by atoms with Crippen molar-refractivity contribution < 1.29 is 9.47 Å². The molecule has 0 bridgehead atoms. The Kier molecular flexibility index (Phi) is 8.46. The number of benzene rings is 3. The zero-order valence-electron chi connectivity index (χ0n) is 17.6. The van der Waals surface area contributed by atoms with Gasteiger partial charge in [0, 0.05) is 0 Å². The second kappa shape index (κ2) is 11.8. The van der Waals surface area contributed by atoms with Gasteiger partial charge in [-0.1, -0.05) is 74.2 Å². The quantitative estimate of drug-likeness (QED) is 0.274. The van der Waals surface area contributed by atoms with E-state index in [0.29, 0.717) is 23.7 Å². The summed E-state index contributed by atoms with van der Waals surface area (Å²) in [6, 6.07) is 24.2. The number of nitrogen functional groups attached to an aromatic ring is 2. The summed E-state index contributed by atoms with van der Waals surface area (Å²) < 4.78 is 11.6. The molecule has 0 atom stereocenters. The Morgan fingerprint density at radius 2 is 1.03 bits per heavy atom. The summed E-state index contributed by atoms with van der Waals surface area (Å²) in [6.07, 6.45) is 6.84. The van der Waals surface area contributed by atoms with Crippen LogP contribution in [0.3, 0.4) is 0 Å². The lowest BCUT2D eigenvalue weighted by molar-refractivity contribution is 0.298. The zero-order valence-corrected chi connectivity index (χ0v) is 17.6.